The van der Waals surface area contributed by atoms with Gasteiger partial charge in [0.05, 0.1) is 5.70 Å². The third kappa shape index (κ3) is 1.66. The maximum Gasteiger partial charge on any atom is 0.0918 e. The molecule has 88 valence electrons. The second kappa shape index (κ2) is 4.21. The standard InChI is InChI=1S/C17H15N/c1-3-17-16-10-9-13(2)11-14(16)12-18(17)15-7-5-4-6-8-15/h4-11H,1,12H2,2H3. The topological polar surface area (TPSA) is 3.24 Å². The van der Waals surface area contributed by atoms with E-state index in [0.29, 0.717) is 0 Å². The highest BCUT2D eigenvalue weighted by Gasteiger charge is 2.24. The van der Waals surface area contributed by atoms with Crippen molar-refractivity contribution in [1.82, 2.24) is 0 Å². The molecule has 0 amide bonds. The highest BCUT2D eigenvalue weighted by atomic mass is 15.2. The molecule has 0 unspecified atom stereocenters. The minimum absolute atomic E-state index is 0.902. The molecule has 0 fully saturated rings. The van der Waals surface area contributed by atoms with Crippen molar-refractivity contribution in [2.24, 2.45) is 0 Å². The fraction of sp³-hybridized carbons (Fsp3) is 0.118. The summed E-state index contributed by atoms with van der Waals surface area (Å²) in [4.78, 5) is 2.26. The van der Waals surface area contributed by atoms with Crippen LogP contribution in [-0.4, -0.2) is 0 Å². The monoisotopic (exact) mass is 233 g/mol. The Bertz CT molecular complexity index is 634. The summed E-state index contributed by atoms with van der Waals surface area (Å²) in [6, 6.07) is 17.0. The average molecular weight is 233 g/mol. The molecule has 1 aliphatic heterocycles. The van der Waals surface area contributed by atoms with Crippen LogP contribution >= 0.6 is 0 Å². The van der Waals surface area contributed by atoms with Crippen molar-refractivity contribution in [1.29, 1.82) is 0 Å². The first kappa shape index (κ1) is 10.9. The zero-order valence-electron chi connectivity index (χ0n) is 10.5. The molecule has 2 aromatic rings. The zero-order chi connectivity index (χ0) is 12.5. The van der Waals surface area contributed by atoms with E-state index in [1.807, 2.05) is 6.07 Å². The Labute approximate surface area is 108 Å². The van der Waals surface area contributed by atoms with Gasteiger partial charge in [-0.05, 0) is 24.6 Å². The molecule has 0 spiro atoms. The molecular formula is C17H15N. The van der Waals surface area contributed by atoms with Crippen LogP contribution in [0.4, 0.5) is 5.69 Å². The van der Waals surface area contributed by atoms with Crippen molar-refractivity contribution in [2.75, 3.05) is 4.90 Å². The fourth-order valence-corrected chi connectivity index (χ4v) is 2.50. The first-order valence-electron chi connectivity index (χ1n) is 6.12. The lowest BCUT2D eigenvalue weighted by molar-refractivity contribution is 1.04. The molecule has 0 aromatic heterocycles. The van der Waals surface area contributed by atoms with Gasteiger partial charge in [0.15, 0.2) is 0 Å². The number of benzene rings is 2. The largest absolute Gasteiger partial charge is 0.330 e. The molecule has 1 aliphatic rings. The van der Waals surface area contributed by atoms with E-state index in [0.717, 1.165) is 12.2 Å². The molecule has 0 saturated heterocycles. The maximum absolute atomic E-state index is 3.84. The highest BCUT2D eigenvalue weighted by Crippen LogP contribution is 2.36. The summed E-state index contributed by atoms with van der Waals surface area (Å²) in [5, 5.41) is 0. The van der Waals surface area contributed by atoms with Crippen molar-refractivity contribution in [3.8, 4) is 0 Å². The lowest BCUT2D eigenvalue weighted by Gasteiger charge is -2.18. The molecule has 2 aromatic carbocycles. The molecule has 18 heavy (non-hydrogen) atoms. The van der Waals surface area contributed by atoms with Crippen LogP contribution in [0.3, 0.4) is 0 Å². The summed E-state index contributed by atoms with van der Waals surface area (Å²) in [7, 11) is 0. The van der Waals surface area contributed by atoms with Crippen molar-refractivity contribution in [3.05, 3.63) is 77.5 Å². The van der Waals surface area contributed by atoms with Crippen LogP contribution in [0.25, 0.3) is 5.70 Å². The molecule has 1 nitrogen and oxygen atoms in total. The van der Waals surface area contributed by atoms with Crippen LogP contribution in [0, 0.1) is 6.92 Å². The van der Waals surface area contributed by atoms with Gasteiger partial charge in [-0.25, -0.2) is 0 Å². The highest BCUT2D eigenvalue weighted by molar-refractivity contribution is 5.84. The number of hydrogen-bond acceptors (Lipinski definition) is 1. The lowest BCUT2D eigenvalue weighted by Crippen LogP contribution is -2.12. The molecule has 3 rings (SSSR count). The minimum Gasteiger partial charge on any atom is -0.330 e. The van der Waals surface area contributed by atoms with Gasteiger partial charge in [0.2, 0.25) is 0 Å². The van der Waals surface area contributed by atoms with Crippen molar-refractivity contribution in [3.63, 3.8) is 0 Å². The minimum atomic E-state index is 0.902. The van der Waals surface area contributed by atoms with E-state index in [-0.39, 0.29) is 0 Å². The Morgan fingerprint density at radius 1 is 1.11 bits per heavy atom. The molecule has 1 heteroatoms. The SMILES string of the molecule is C=C=C1c2ccc(C)cc2CN1c1ccccc1. The lowest BCUT2D eigenvalue weighted by atomic mass is 10.1. The summed E-state index contributed by atoms with van der Waals surface area (Å²) in [5.41, 5.74) is 9.25. The summed E-state index contributed by atoms with van der Waals surface area (Å²) in [5.74, 6) is 0. The van der Waals surface area contributed by atoms with Gasteiger partial charge in [0.1, 0.15) is 0 Å². The van der Waals surface area contributed by atoms with Crippen LogP contribution in [0.1, 0.15) is 16.7 Å². The van der Waals surface area contributed by atoms with E-state index in [2.05, 4.69) is 66.6 Å². The number of nitrogens with zero attached hydrogens (tertiary/aromatic N) is 1. The van der Waals surface area contributed by atoms with Gasteiger partial charge in [-0.3, -0.25) is 0 Å². The molecule has 0 aliphatic carbocycles. The summed E-state index contributed by atoms with van der Waals surface area (Å²) >= 11 is 0. The smallest absolute Gasteiger partial charge is 0.0918 e. The van der Waals surface area contributed by atoms with Crippen LogP contribution in [0.15, 0.2) is 60.8 Å². The second-order valence-electron chi connectivity index (χ2n) is 4.61. The second-order valence-corrected chi connectivity index (χ2v) is 4.61. The normalized spacial score (nSPS) is 13.4. The number of aryl methyl sites for hydroxylation is 1. The molecule has 0 atom stereocenters. The molecular weight excluding hydrogens is 218 g/mol. The van der Waals surface area contributed by atoms with Crippen LogP contribution < -0.4 is 4.90 Å². The Morgan fingerprint density at radius 2 is 1.89 bits per heavy atom. The third-order valence-electron chi connectivity index (χ3n) is 3.35. The Kier molecular flexibility index (Phi) is 2.55. The molecule has 0 N–H and O–H groups in total. The third-order valence-corrected chi connectivity index (χ3v) is 3.35. The van der Waals surface area contributed by atoms with Gasteiger partial charge in [-0.2, -0.15) is 0 Å². The predicted octanol–water partition coefficient (Wildman–Crippen LogP) is 4.14. The summed E-state index contributed by atoms with van der Waals surface area (Å²) in [6.45, 7) is 6.87. The van der Waals surface area contributed by atoms with Crippen molar-refractivity contribution < 1.29 is 0 Å². The Hall–Kier alpha value is -2.24. The first-order chi connectivity index (χ1) is 8.79. The summed E-state index contributed by atoms with van der Waals surface area (Å²) < 4.78 is 0. The van der Waals surface area contributed by atoms with Crippen molar-refractivity contribution >= 4 is 11.4 Å². The summed E-state index contributed by atoms with van der Waals surface area (Å²) in [6.07, 6.45) is 0. The van der Waals surface area contributed by atoms with E-state index >= 15 is 0 Å². The number of fused-ring (bicyclic) bond motifs is 1. The van der Waals surface area contributed by atoms with Gasteiger partial charge in [0, 0.05) is 17.8 Å². The van der Waals surface area contributed by atoms with Gasteiger partial charge in [-0.1, -0.05) is 48.5 Å². The molecule has 1 heterocycles. The van der Waals surface area contributed by atoms with Gasteiger partial charge in [-0.15, -0.1) is 5.73 Å². The first-order valence-corrected chi connectivity index (χ1v) is 6.12. The predicted molar refractivity (Wildman–Crippen MR) is 76.4 cm³/mol. The molecule has 0 saturated carbocycles. The van der Waals surface area contributed by atoms with E-state index in [1.165, 1.54) is 22.4 Å². The van der Waals surface area contributed by atoms with Gasteiger partial charge >= 0.3 is 0 Å². The number of para-hydroxylation sites is 1. The zero-order valence-corrected chi connectivity index (χ0v) is 10.5. The van der Waals surface area contributed by atoms with Gasteiger partial charge in [0.25, 0.3) is 0 Å². The number of rotatable bonds is 1. The average Bonchev–Trinajstić information content (AvgIpc) is 2.77. The van der Waals surface area contributed by atoms with Crippen LogP contribution in [0.2, 0.25) is 0 Å². The maximum atomic E-state index is 3.84. The number of anilines is 1. The van der Waals surface area contributed by atoms with E-state index in [1.54, 1.807) is 0 Å². The molecule has 0 bridgehead atoms. The number of hydrogen-bond donors (Lipinski definition) is 0. The quantitative estimate of drug-likeness (QED) is 0.669. The Balaban J connectivity index is 2.10. The molecule has 0 radical (unpaired) electrons. The van der Waals surface area contributed by atoms with Crippen LogP contribution in [0.5, 0.6) is 0 Å². The van der Waals surface area contributed by atoms with E-state index in [4.69, 9.17) is 0 Å². The van der Waals surface area contributed by atoms with Crippen molar-refractivity contribution in [2.45, 2.75) is 13.5 Å². The fourth-order valence-electron chi connectivity index (χ4n) is 2.50. The van der Waals surface area contributed by atoms with Crippen LogP contribution in [-0.2, 0) is 6.54 Å². The van der Waals surface area contributed by atoms with E-state index in [9.17, 15) is 0 Å². The van der Waals surface area contributed by atoms with Gasteiger partial charge < -0.3 is 4.90 Å². The Morgan fingerprint density at radius 3 is 2.61 bits per heavy atom. The van der Waals surface area contributed by atoms with E-state index < -0.39 is 0 Å².